The van der Waals surface area contributed by atoms with Gasteiger partial charge in [0.25, 0.3) is 0 Å². The average Bonchev–Trinajstić information content (AvgIpc) is 2.57. The minimum absolute atomic E-state index is 0.0152. The monoisotopic (exact) mass is 386 g/mol. The maximum absolute atomic E-state index is 12.7. The number of amides is 1. The number of hydrogen-bond donors (Lipinski definition) is 1. The molecule has 1 amide bonds. The summed E-state index contributed by atoms with van der Waals surface area (Å²) >= 11 is 0. The van der Waals surface area contributed by atoms with Crippen molar-refractivity contribution in [3.63, 3.8) is 0 Å². The maximum atomic E-state index is 12.7. The van der Waals surface area contributed by atoms with Gasteiger partial charge in [-0.25, -0.2) is 14.6 Å². The molecule has 0 aliphatic heterocycles. The van der Waals surface area contributed by atoms with E-state index in [9.17, 15) is 14.4 Å². The molecule has 1 aliphatic rings. The summed E-state index contributed by atoms with van der Waals surface area (Å²) < 4.78 is 5.49. The Morgan fingerprint density at radius 1 is 1.21 bits per heavy atom. The Bertz CT molecular complexity index is 766. The third-order valence-electron chi connectivity index (χ3n) is 5.22. The van der Waals surface area contributed by atoms with E-state index in [1.54, 1.807) is 44.2 Å². The third-order valence-corrected chi connectivity index (χ3v) is 5.22. The summed E-state index contributed by atoms with van der Waals surface area (Å²) in [6.45, 7) is 9.91. The van der Waals surface area contributed by atoms with Crippen molar-refractivity contribution in [1.29, 1.82) is 0 Å². The van der Waals surface area contributed by atoms with Gasteiger partial charge in [0.1, 0.15) is 0 Å². The molecule has 1 aromatic rings. The number of ether oxygens (including phenoxy) is 1. The second-order valence-electron chi connectivity index (χ2n) is 9.40. The van der Waals surface area contributed by atoms with E-state index in [-0.39, 0.29) is 22.7 Å². The molecule has 152 valence electrons. The lowest BCUT2D eigenvalue weighted by Crippen LogP contribution is -2.50. The Hall–Kier alpha value is -2.46. The van der Waals surface area contributed by atoms with Crippen LogP contribution in [0.1, 0.15) is 64.2 Å². The highest BCUT2D eigenvalue weighted by molar-refractivity contribution is 6.02. The van der Waals surface area contributed by atoms with Crippen molar-refractivity contribution in [2.24, 2.45) is 15.8 Å². The Kier molecular flexibility index (Phi) is 6.45. The first-order valence-electron chi connectivity index (χ1n) is 9.59. The lowest BCUT2D eigenvalue weighted by molar-refractivity contribution is 0.0246. The molecule has 0 heterocycles. The van der Waals surface area contributed by atoms with E-state index in [1.807, 2.05) is 6.07 Å². The predicted octanol–water partition coefficient (Wildman–Crippen LogP) is 4.29. The minimum atomic E-state index is -1.28. The van der Waals surface area contributed by atoms with Crippen molar-refractivity contribution in [3.8, 4) is 0 Å². The van der Waals surface area contributed by atoms with Crippen molar-refractivity contribution < 1.29 is 19.1 Å². The highest BCUT2D eigenvalue weighted by Crippen LogP contribution is 2.46. The Balaban J connectivity index is 2.04. The number of aliphatic imine (C=N–C) groups is 1. The summed E-state index contributed by atoms with van der Waals surface area (Å²) in [5, 5.41) is 2.91. The van der Waals surface area contributed by atoms with E-state index in [0.29, 0.717) is 18.5 Å². The van der Waals surface area contributed by atoms with Gasteiger partial charge in [-0.3, -0.25) is 4.79 Å². The summed E-state index contributed by atoms with van der Waals surface area (Å²) in [5.41, 5.74) is -0.996. The number of benzene rings is 1. The van der Waals surface area contributed by atoms with E-state index in [0.717, 1.165) is 12.8 Å². The zero-order valence-corrected chi connectivity index (χ0v) is 17.4. The minimum Gasteiger partial charge on any atom is -0.435 e. The lowest BCUT2D eigenvalue weighted by Gasteiger charge is -2.46. The van der Waals surface area contributed by atoms with Crippen molar-refractivity contribution in [1.82, 2.24) is 5.32 Å². The van der Waals surface area contributed by atoms with Gasteiger partial charge < -0.3 is 10.1 Å². The number of isocyanates is 1. The van der Waals surface area contributed by atoms with E-state index < -0.39 is 11.7 Å². The fourth-order valence-electron chi connectivity index (χ4n) is 4.49. The van der Waals surface area contributed by atoms with Gasteiger partial charge in [-0.15, -0.1) is 0 Å². The molecule has 28 heavy (non-hydrogen) atoms. The van der Waals surface area contributed by atoms with Gasteiger partial charge in [0.2, 0.25) is 11.9 Å². The first-order chi connectivity index (χ1) is 13.0. The van der Waals surface area contributed by atoms with Gasteiger partial charge in [-0.2, -0.15) is 0 Å². The fourth-order valence-corrected chi connectivity index (χ4v) is 4.49. The lowest BCUT2D eigenvalue weighted by atomic mass is 9.62. The number of rotatable bonds is 6. The third kappa shape index (κ3) is 5.77. The second kappa shape index (κ2) is 8.27. The molecule has 1 N–H and O–H groups in total. The number of ketones is 1. The average molecular weight is 386 g/mol. The summed E-state index contributed by atoms with van der Waals surface area (Å²) in [7, 11) is 0. The molecule has 1 aliphatic carbocycles. The second-order valence-corrected chi connectivity index (χ2v) is 9.40. The van der Waals surface area contributed by atoms with Gasteiger partial charge in [0.15, 0.2) is 5.60 Å². The molecule has 0 aromatic heterocycles. The SMILES string of the molecule is CC1(C)CC(NC(=O)OC(C)(C)C(=O)c2ccccc2)CC(C)(CN=C=O)C1. The normalized spacial score (nSPS) is 24.0. The van der Waals surface area contributed by atoms with Gasteiger partial charge >= 0.3 is 6.09 Å². The van der Waals surface area contributed by atoms with Crippen LogP contribution in [0.3, 0.4) is 0 Å². The van der Waals surface area contributed by atoms with E-state index in [1.165, 1.54) is 0 Å². The van der Waals surface area contributed by atoms with Crippen molar-refractivity contribution in [3.05, 3.63) is 35.9 Å². The molecule has 1 fully saturated rings. The molecule has 0 spiro atoms. The van der Waals surface area contributed by atoms with Crippen LogP contribution in [0.4, 0.5) is 4.79 Å². The summed E-state index contributed by atoms with van der Waals surface area (Å²) in [5.74, 6) is -0.252. The van der Waals surface area contributed by atoms with Gasteiger partial charge in [-0.1, -0.05) is 51.1 Å². The van der Waals surface area contributed by atoms with Crippen LogP contribution in [0.25, 0.3) is 0 Å². The molecular formula is C22H30N2O4. The van der Waals surface area contributed by atoms with Crippen LogP contribution in [0.5, 0.6) is 0 Å². The summed E-state index contributed by atoms with van der Waals surface area (Å²) in [6.07, 6.45) is 3.37. The highest BCUT2D eigenvalue weighted by Gasteiger charge is 2.42. The predicted molar refractivity (Wildman–Crippen MR) is 107 cm³/mol. The molecule has 1 aromatic carbocycles. The van der Waals surface area contributed by atoms with Crippen molar-refractivity contribution in [2.75, 3.05) is 6.54 Å². The molecule has 2 unspecified atom stereocenters. The first kappa shape index (κ1) is 21.8. The maximum Gasteiger partial charge on any atom is 0.408 e. The van der Waals surface area contributed by atoms with Crippen LogP contribution < -0.4 is 5.32 Å². The summed E-state index contributed by atoms with van der Waals surface area (Å²) in [4.78, 5) is 39.5. The van der Waals surface area contributed by atoms with E-state index in [2.05, 4.69) is 31.1 Å². The number of hydrogen-bond acceptors (Lipinski definition) is 5. The summed E-state index contributed by atoms with van der Waals surface area (Å²) in [6, 6.07) is 8.66. The van der Waals surface area contributed by atoms with Crippen molar-refractivity contribution >= 4 is 18.0 Å². The van der Waals surface area contributed by atoms with Gasteiger partial charge in [-0.05, 0) is 43.9 Å². The topological polar surface area (TPSA) is 84.8 Å². The number of Topliss-reactive ketones (excluding diaryl/α,β-unsaturated/α-hetero) is 1. The zero-order chi connectivity index (χ0) is 21.0. The van der Waals surface area contributed by atoms with E-state index >= 15 is 0 Å². The van der Waals surface area contributed by atoms with Crippen molar-refractivity contribution in [2.45, 2.75) is 65.5 Å². The standard InChI is InChI=1S/C22H30N2O4/c1-20(2)11-17(12-22(5,13-20)14-23-15-25)24-19(27)28-21(3,4)18(26)16-9-7-6-8-10-16/h6-10,17H,11-14H2,1-5H3,(H,24,27). The molecule has 6 heteroatoms. The van der Waals surface area contributed by atoms with Crippen LogP contribution in [0, 0.1) is 10.8 Å². The zero-order valence-electron chi connectivity index (χ0n) is 17.4. The molecular weight excluding hydrogens is 356 g/mol. The Morgan fingerprint density at radius 2 is 1.86 bits per heavy atom. The van der Waals surface area contributed by atoms with Crippen LogP contribution in [0.2, 0.25) is 0 Å². The number of alkyl carbamates (subject to hydrolysis) is 1. The van der Waals surface area contributed by atoms with Gasteiger partial charge in [0, 0.05) is 11.6 Å². The van der Waals surface area contributed by atoms with Gasteiger partial charge in [0.05, 0.1) is 6.54 Å². The number of carbonyl (C=O) groups is 2. The van der Waals surface area contributed by atoms with Crippen LogP contribution >= 0.6 is 0 Å². The number of carbonyl (C=O) groups excluding carboxylic acids is 3. The molecule has 0 bridgehead atoms. The van der Waals surface area contributed by atoms with Crippen LogP contribution in [-0.4, -0.2) is 36.1 Å². The smallest absolute Gasteiger partial charge is 0.408 e. The number of nitrogens with one attached hydrogen (secondary N) is 1. The molecule has 6 nitrogen and oxygen atoms in total. The number of nitrogens with zero attached hydrogens (tertiary/aromatic N) is 1. The molecule has 0 saturated heterocycles. The highest BCUT2D eigenvalue weighted by atomic mass is 16.6. The quantitative estimate of drug-likeness (QED) is 0.449. The largest absolute Gasteiger partial charge is 0.435 e. The molecule has 1 saturated carbocycles. The van der Waals surface area contributed by atoms with Crippen LogP contribution in [0.15, 0.2) is 35.3 Å². The molecule has 2 atom stereocenters. The van der Waals surface area contributed by atoms with Crippen LogP contribution in [-0.2, 0) is 9.53 Å². The first-order valence-corrected chi connectivity index (χ1v) is 9.59. The van der Waals surface area contributed by atoms with E-state index in [4.69, 9.17) is 4.74 Å². The molecule has 0 radical (unpaired) electrons. The Labute approximate surface area is 166 Å². The molecule has 2 rings (SSSR count). The Morgan fingerprint density at radius 3 is 2.46 bits per heavy atom. The fraction of sp³-hybridized carbons (Fsp3) is 0.591.